The van der Waals surface area contributed by atoms with Crippen molar-refractivity contribution in [3.63, 3.8) is 0 Å². The summed E-state index contributed by atoms with van der Waals surface area (Å²) in [7, 11) is 0. The summed E-state index contributed by atoms with van der Waals surface area (Å²) in [5.74, 6) is -0.723. The van der Waals surface area contributed by atoms with Crippen molar-refractivity contribution < 1.29 is 9.18 Å². The van der Waals surface area contributed by atoms with Gasteiger partial charge in [-0.25, -0.2) is 4.39 Å². The fraction of sp³-hybridized carbons (Fsp3) is 0.167. The van der Waals surface area contributed by atoms with Crippen molar-refractivity contribution in [3.8, 4) is 11.3 Å². The first kappa shape index (κ1) is 19.6. The molecule has 1 aromatic carbocycles. The molecule has 1 aliphatic heterocycles. The van der Waals surface area contributed by atoms with Crippen molar-refractivity contribution in [1.29, 1.82) is 0 Å². The number of pyridine rings is 2. The first-order valence-corrected chi connectivity index (χ1v) is 9.63. The van der Waals surface area contributed by atoms with Gasteiger partial charge in [0.05, 0.1) is 18.0 Å². The number of allylic oxidation sites excluding steroid dienone is 1. The Morgan fingerprint density at radius 1 is 1.13 bits per heavy atom. The Bertz CT molecular complexity index is 1150. The third kappa shape index (κ3) is 4.03. The summed E-state index contributed by atoms with van der Waals surface area (Å²) >= 11 is 0. The second-order valence-corrected chi connectivity index (χ2v) is 7.46. The molecule has 6 heteroatoms. The highest BCUT2D eigenvalue weighted by Crippen LogP contribution is 2.33. The van der Waals surface area contributed by atoms with Crippen LogP contribution in [0.5, 0.6) is 0 Å². The number of nitrogens with two attached hydrogens (primary N) is 1. The molecule has 0 saturated carbocycles. The molecule has 0 aliphatic carbocycles. The maximum absolute atomic E-state index is 13.5. The molecular weight excluding hydrogens is 379 g/mol. The summed E-state index contributed by atoms with van der Waals surface area (Å²) in [5, 5.41) is 0. The van der Waals surface area contributed by atoms with Gasteiger partial charge in [0.15, 0.2) is 0 Å². The van der Waals surface area contributed by atoms with E-state index in [0.29, 0.717) is 17.8 Å². The van der Waals surface area contributed by atoms with Crippen LogP contribution in [0.1, 0.15) is 23.2 Å². The van der Waals surface area contributed by atoms with E-state index in [-0.39, 0.29) is 12.2 Å². The zero-order valence-corrected chi connectivity index (χ0v) is 16.5. The summed E-state index contributed by atoms with van der Waals surface area (Å²) < 4.78 is 13.5. The van der Waals surface area contributed by atoms with Crippen LogP contribution in [-0.4, -0.2) is 28.1 Å². The molecule has 0 spiro atoms. The molecular formula is C24H21FN4O. The zero-order valence-electron chi connectivity index (χ0n) is 16.5. The van der Waals surface area contributed by atoms with Crippen molar-refractivity contribution in [1.82, 2.24) is 9.97 Å². The Kier molecular flexibility index (Phi) is 5.23. The maximum atomic E-state index is 13.5. The number of rotatable bonds is 5. The van der Waals surface area contributed by atoms with Gasteiger partial charge in [0.25, 0.3) is 0 Å². The van der Waals surface area contributed by atoms with E-state index >= 15 is 0 Å². The first-order chi connectivity index (χ1) is 14.4. The number of amides is 1. The van der Waals surface area contributed by atoms with Gasteiger partial charge in [0.2, 0.25) is 5.91 Å². The van der Waals surface area contributed by atoms with E-state index < -0.39 is 11.3 Å². The van der Waals surface area contributed by atoms with Gasteiger partial charge in [-0.15, -0.1) is 0 Å². The van der Waals surface area contributed by atoms with Crippen molar-refractivity contribution >= 4 is 11.6 Å². The molecule has 150 valence electrons. The number of aryl methyl sites for hydroxylation is 1. The molecule has 2 aromatic heterocycles. The second kappa shape index (κ2) is 7.99. The van der Waals surface area contributed by atoms with Crippen molar-refractivity contribution in [2.75, 3.05) is 6.54 Å². The van der Waals surface area contributed by atoms with Crippen LogP contribution in [0.3, 0.4) is 0 Å². The average Bonchev–Trinajstić information content (AvgIpc) is 2.74. The molecule has 0 fully saturated rings. The fourth-order valence-corrected chi connectivity index (χ4v) is 3.68. The monoisotopic (exact) mass is 400 g/mol. The van der Waals surface area contributed by atoms with Gasteiger partial charge in [0.1, 0.15) is 5.82 Å². The smallest absolute Gasteiger partial charge is 0.218 e. The zero-order chi connectivity index (χ0) is 21.1. The van der Waals surface area contributed by atoms with Crippen LogP contribution in [0.2, 0.25) is 0 Å². The maximum Gasteiger partial charge on any atom is 0.218 e. The van der Waals surface area contributed by atoms with Crippen LogP contribution in [0, 0.1) is 12.7 Å². The van der Waals surface area contributed by atoms with E-state index in [0.717, 1.165) is 22.5 Å². The number of hydrogen-bond acceptors (Lipinski definition) is 4. The van der Waals surface area contributed by atoms with Gasteiger partial charge in [0, 0.05) is 41.1 Å². The largest absolute Gasteiger partial charge is 0.370 e. The standard InChI is InChI=1S/C24H21FN4O/c1-16-11-18(8-10-27-16)22-7-9-24(15-29-22,13-23(26)30)19-5-6-21(28-14-19)17-3-2-4-20(25)12-17/h2-12,14H,13,15H2,1H3,(H2,26,30). The number of aromatic nitrogens is 2. The van der Waals surface area contributed by atoms with E-state index in [9.17, 15) is 9.18 Å². The van der Waals surface area contributed by atoms with Crippen molar-refractivity contribution in [3.05, 3.63) is 95.7 Å². The highest BCUT2D eigenvalue weighted by atomic mass is 19.1. The normalized spacial score (nSPS) is 18.1. The molecule has 1 unspecified atom stereocenters. The van der Waals surface area contributed by atoms with Gasteiger partial charge in [-0.05, 0) is 48.9 Å². The van der Waals surface area contributed by atoms with Crippen LogP contribution in [0.15, 0.2) is 78.1 Å². The SMILES string of the molecule is Cc1cc(C2=NCC(CC(N)=O)(c3ccc(-c4cccc(F)c4)nc3)C=C2)ccn1. The van der Waals surface area contributed by atoms with Crippen LogP contribution in [-0.2, 0) is 10.2 Å². The predicted molar refractivity (Wildman–Crippen MR) is 115 cm³/mol. The minimum absolute atomic E-state index is 0.122. The molecule has 5 nitrogen and oxygen atoms in total. The summed E-state index contributed by atoms with van der Waals surface area (Å²) in [6.07, 6.45) is 7.49. The lowest BCUT2D eigenvalue weighted by molar-refractivity contribution is -0.118. The summed E-state index contributed by atoms with van der Waals surface area (Å²) in [5.41, 5.74) is 9.81. The molecule has 3 heterocycles. The Hall–Kier alpha value is -3.67. The van der Waals surface area contributed by atoms with Gasteiger partial charge in [-0.2, -0.15) is 0 Å². The van der Waals surface area contributed by atoms with Gasteiger partial charge in [-0.3, -0.25) is 19.8 Å². The van der Waals surface area contributed by atoms with E-state index in [1.54, 1.807) is 24.5 Å². The molecule has 0 saturated heterocycles. The number of halogens is 1. The highest BCUT2D eigenvalue weighted by Gasteiger charge is 2.34. The molecule has 30 heavy (non-hydrogen) atoms. The molecule has 1 amide bonds. The lowest BCUT2D eigenvalue weighted by Gasteiger charge is -2.31. The van der Waals surface area contributed by atoms with E-state index in [1.165, 1.54) is 12.1 Å². The molecule has 3 aromatic rings. The van der Waals surface area contributed by atoms with E-state index in [4.69, 9.17) is 10.7 Å². The Balaban J connectivity index is 1.65. The average molecular weight is 400 g/mol. The van der Waals surface area contributed by atoms with Crippen LogP contribution < -0.4 is 5.73 Å². The molecule has 1 aliphatic rings. The molecule has 1 atom stereocenters. The molecule has 0 bridgehead atoms. The molecule has 2 N–H and O–H groups in total. The predicted octanol–water partition coefficient (Wildman–Crippen LogP) is 3.76. The number of hydrogen-bond donors (Lipinski definition) is 1. The highest BCUT2D eigenvalue weighted by molar-refractivity contribution is 6.09. The van der Waals surface area contributed by atoms with Crippen molar-refractivity contribution in [2.45, 2.75) is 18.8 Å². The van der Waals surface area contributed by atoms with Crippen LogP contribution >= 0.6 is 0 Å². The third-order valence-electron chi connectivity index (χ3n) is 5.23. The molecule has 4 rings (SSSR count). The summed E-state index contributed by atoms with van der Waals surface area (Å²) in [6, 6.07) is 13.9. The summed E-state index contributed by atoms with van der Waals surface area (Å²) in [4.78, 5) is 25.3. The van der Waals surface area contributed by atoms with E-state index in [1.807, 2.05) is 43.3 Å². The fourth-order valence-electron chi connectivity index (χ4n) is 3.68. The van der Waals surface area contributed by atoms with E-state index in [2.05, 4.69) is 9.97 Å². The number of primary amides is 1. The minimum Gasteiger partial charge on any atom is -0.370 e. The van der Waals surface area contributed by atoms with Crippen molar-refractivity contribution in [2.24, 2.45) is 10.7 Å². The number of carbonyl (C=O) groups excluding carboxylic acids is 1. The second-order valence-electron chi connectivity index (χ2n) is 7.46. The van der Waals surface area contributed by atoms with Gasteiger partial charge < -0.3 is 5.73 Å². The number of carbonyl (C=O) groups is 1. The van der Waals surface area contributed by atoms with Crippen LogP contribution in [0.4, 0.5) is 4.39 Å². The van der Waals surface area contributed by atoms with Gasteiger partial charge >= 0.3 is 0 Å². The third-order valence-corrected chi connectivity index (χ3v) is 5.23. The Morgan fingerprint density at radius 3 is 2.63 bits per heavy atom. The topological polar surface area (TPSA) is 81.2 Å². The first-order valence-electron chi connectivity index (χ1n) is 9.63. The number of benzene rings is 1. The Morgan fingerprint density at radius 2 is 2.00 bits per heavy atom. The quantitative estimate of drug-likeness (QED) is 0.708. The number of nitrogens with zero attached hydrogens (tertiary/aromatic N) is 3. The van der Waals surface area contributed by atoms with Crippen LogP contribution in [0.25, 0.3) is 11.3 Å². The molecule has 0 radical (unpaired) electrons. The minimum atomic E-state index is -0.662. The number of aliphatic imine (C=N–C) groups is 1. The van der Waals surface area contributed by atoms with Gasteiger partial charge in [-0.1, -0.05) is 24.3 Å². The lowest BCUT2D eigenvalue weighted by Crippen LogP contribution is -2.35. The number of dihydropyridines is 1. The summed E-state index contributed by atoms with van der Waals surface area (Å²) in [6.45, 7) is 2.31. The Labute approximate surface area is 174 Å². The lowest BCUT2D eigenvalue weighted by atomic mass is 9.76.